The molecule has 0 aliphatic carbocycles. The highest BCUT2D eigenvalue weighted by Gasteiger charge is 2.15. The van der Waals surface area contributed by atoms with Crippen molar-refractivity contribution in [3.63, 3.8) is 0 Å². The molecule has 0 spiro atoms. The van der Waals surface area contributed by atoms with E-state index in [9.17, 15) is 0 Å². The molecule has 0 N–H and O–H groups in total. The van der Waals surface area contributed by atoms with Crippen LogP contribution in [-0.2, 0) is 0 Å². The maximum absolute atomic E-state index is 4.95. The third-order valence-corrected chi connectivity index (χ3v) is 7.30. The molecule has 0 unspecified atom stereocenters. The number of rotatable bonds is 3. The van der Waals surface area contributed by atoms with Crippen molar-refractivity contribution in [1.29, 1.82) is 0 Å². The first-order valence-electron chi connectivity index (χ1n) is 12.9. The van der Waals surface area contributed by atoms with Gasteiger partial charge < -0.3 is 4.57 Å². The second-order valence-electron chi connectivity index (χ2n) is 9.61. The molecule has 0 saturated carbocycles. The maximum Gasteiger partial charge on any atom is 0.182 e. The van der Waals surface area contributed by atoms with Gasteiger partial charge >= 0.3 is 0 Å². The Bertz CT molecular complexity index is 2160. The highest BCUT2D eigenvalue weighted by Crippen LogP contribution is 2.35. The van der Waals surface area contributed by atoms with Crippen LogP contribution in [0, 0.1) is 0 Å². The lowest BCUT2D eigenvalue weighted by atomic mass is 10.1. The van der Waals surface area contributed by atoms with Crippen molar-refractivity contribution in [1.82, 2.24) is 24.5 Å². The van der Waals surface area contributed by atoms with Crippen molar-refractivity contribution in [3.8, 4) is 28.3 Å². The monoisotopic (exact) mass is 499 g/mol. The summed E-state index contributed by atoms with van der Waals surface area (Å²) in [5, 5.41) is 4.96. The Morgan fingerprint density at radius 3 is 2.08 bits per heavy atom. The van der Waals surface area contributed by atoms with Crippen LogP contribution in [0.3, 0.4) is 0 Å². The van der Waals surface area contributed by atoms with Crippen LogP contribution in [0.25, 0.3) is 72.1 Å². The van der Waals surface area contributed by atoms with E-state index in [1.54, 1.807) is 12.4 Å². The minimum Gasteiger partial charge on any atom is -0.309 e. The van der Waals surface area contributed by atoms with Gasteiger partial charge in [-0.25, -0.2) is 19.9 Å². The first-order chi connectivity index (χ1) is 19.3. The molecular formula is C34H21N5. The largest absolute Gasteiger partial charge is 0.309 e. The number of para-hydroxylation sites is 1. The summed E-state index contributed by atoms with van der Waals surface area (Å²) in [5.74, 6) is 0.626. The summed E-state index contributed by atoms with van der Waals surface area (Å²) in [7, 11) is 0. The zero-order chi connectivity index (χ0) is 25.8. The Kier molecular flexibility index (Phi) is 4.76. The lowest BCUT2D eigenvalue weighted by molar-refractivity contribution is 1.15. The van der Waals surface area contributed by atoms with Crippen LogP contribution in [0.2, 0.25) is 0 Å². The van der Waals surface area contributed by atoms with Gasteiger partial charge in [-0.3, -0.25) is 0 Å². The van der Waals surface area contributed by atoms with E-state index in [0.717, 1.165) is 22.5 Å². The first-order valence-corrected chi connectivity index (χ1v) is 12.9. The lowest BCUT2D eigenvalue weighted by Gasteiger charge is -2.11. The van der Waals surface area contributed by atoms with Gasteiger partial charge in [0.05, 0.1) is 11.0 Å². The average molecular weight is 500 g/mol. The average Bonchev–Trinajstić information content (AvgIpc) is 3.33. The molecular weight excluding hydrogens is 478 g/mol. The van der Waals surface area contributed by atoms with E-state index < -0.39 is 0 Å². The van der Waals surface area contributed by atoms with Crippen LogP contribution in [0.5, 0.6) is 0 Å². The summed E-state index contributed by atoms with van der Waals surface area (Å²) in [6.07, 6.45) is 3.35. The van der Waals surface area contributed by atoms with Gasteiger partial charge in [0, 0.05) is 40.0 Å². The Hall–Kier alpha value is -5.42. The topological polar surface area (TPSA) is 56.5 Å². The third-order valence-electron chi connectivity index (χ3n) is 7.30. The number of fused-ring (bicyclic) bond motifs is 5. The van der Waals surface area contributed by atoms with Crippen molar-refractivity contribution >= 4 is 43.7 Å². The van der Waals surface area contributed by atoms with Crippen LogP contribution in [0.1, 0.15) is 0 Å². The highest BCUT2D eigenvalue weighted by atomic mass is 15.0. The molecule has 5 heteroatoms. The van der Waals surface area contributed by atoms with Crippen LogP contribution in [0.15, 0.2) is 128 Å². The van der Waals surface area contributed by atoms with Gasteiger partial charge in [0.1, 0.15) is 11.2 Å². The highest BCUT2D eigenvalue weighted by molar-refractivity contribution is 6.13. The number of aromatic nitrogens is 5. The van der Waals surface area contributed by atoms with Crippen LogP contribution in [-0.4, -0.2) is 24.5 Å². The number of hydrogen-bond donors (Lipinski definition) is 0. The van der Waals surface area contributed by atoms with Gasteiger partial charge in [-0.1, -0.05) is 72.8 Å². The van der Waals surface area contributed by atoms with Gasteiger partial charge in [0.25, 0.3) is 0 Å². The SMILES string of the molecule is c1ccc(-c2nc(-c3ccc(-n4c5ccccc5c5cc6ccccc6cc54)cc3)nc3nccnc23)cc1. The molecule has 0 fully saturated rings. The third kappa shape index (κ3) is 3.48. The molecule has 0 saturated heterocycles. The molecule has 5 nitrogen and oxygen atoms in total. The van der Waals surface area contributed by atoms with Gasteiger partial charge in [0.2, 0.25) is 0 Å². The minimum absolute atomic E-state index is 0.583. The summed E-state index contributed by atoms with van der Waals surface area (Å²) in [6, 6.07) is 40.2. The Labute approximate surface area is 224 Å². The number of nitrogens with zero attached hydrogens (tertiary/aromatic N) is 5. The summed E-state index contributed by atoms with van der Waals surface area (Å²) < 4.78 is 2.34. The predicted octanol–water partition coefficient (Wildman–Crippen LogP) is 8.00. The number of benzene rings is 5. The van der Waals surface area contributed by atoms with E-state index in [1.807, 2.05) is 30.3 Å². The Balaban J connectivity index is 1.30. The van der Waals surface area contributed by atoms with Gasteiger partial charge in [-0.05, 0) is 53.2 Å². The predicted molar refractivity (Wildman–Crippen MR) is 158 cm³/mol. The Morgan fingerprint density at radius 2 is 1.23 bits per heavy atom. The van der Waals surface area contributed by atoms with E-state index in [1.165, 1.54) is 32.6 Å². The van der Waals surface area contributed by atoms with E-state index in [2.05, 4.69) is 99.5 Å². The Morgan fingerprint density at radius 1 is 0.513 bits per heavy atom. The van der Waals surface area contributed by atoms with E-state index in [4.69, 9.17) is 9.97 Å². The fourth-order valence-electron chi connectivity index (χ4n) is 5.48. The standard InChI is InChI=1S/C34H21N5/c1-2-8-22(9-3-1)31-32-34(36-19-18-35-32)38-33(37-31)23-14-16-26(17-15-23)39-29-13-7-6-12-27(29)28-20-24-10-4-5-11-25(24)21-30(28)39/h1-21H. The zero-order valence-corrected chi connectivity index (χ0v) is 20.9. The van der Waals surface area contributed by atoms with Crippen molar-refractivity contribution in [3.05, 3.63) is 128 Å². The lowest BCUT2D eigenvalue weighted by Crippen LogP contribution is -1.99. The van der Waals surface area contributed by atoms with Crippen LogP contribution >= 0.6 is 0 Å². The van der Waals surface area contributed by atoms with Crippen LogP contribution in [0.4, 0.5) is 0 Å². The number of hydrogen-bond acceptors (Lipinski definition) is 4. The van der Waals surface area contributed by atoms with Crippen molar-refractivity contribution in [2.45, 2.75) is 0 Å². The molecule has 0 amide bonds. The minimum atomic E-state index is 0.583. The molecule has 5 aromatic carbocycles. The van der Waals surface area contributed by atoms with Gasteiger partial charge in [-0.15, -0.1) is 0 Å². The summed E-state index contributed by atoms with van der Waals surface area (Å²) in [5.41, 5.74) is 7.42. The fourth-order valence-corrected chi connectivity index (χ4v) is 5.48. The van der Waals surface area contributed by atoms with Gasteiger partial charge in [-0.2, -0.15) is 0 Å². The van der Waals surface area contributed by atoms with E-state index in [0.29, 0.717) is 17.0 Å². The molecule has 0 bridgehead atoms. The van der Waals surface area contributed by atoms with Crippen LogP contribution < -0.4 is 0 Å². The quantitative estimate of drug-likeness (QED) is 0.247. The van der Waals surface area contributed by atoms with Gasteiger partial charge in [0.15, 0.2) is 11.5 Å². The molecule has 0 aliphatic heterocycles. The fraction of sp³-hybridized carbons (Fsp3) is 0. The summed E-state index contributed by atoms with van der Waals surface area (Å²) in [4.78, 5) is 18.7. The van der Waals surface area contributed by atoms with E-state index >= 15 is 0 Å². The molecule has 39 heavy (non-hydrogen) atoms. The van der Waals surface area contributed by atoms with Crippen molar-refractivity contribution in [2.75, 3.05) is 0 Å². The summed E-state index contributed by atoms with van der Waals surface area (Å²) in [6.45, 7) is 0. The molecule has 3 heterocycles. The van der Waals surface area contributed by atoms with E-state index in [-0.39, 0.29) is 0 Å². The molecule has 0 atom stereocenters. The molecule has 0 radical (unpaired) electrons. The van der Waals surface area contributed by atoms with Crippen molar-refractivity contribution in [2.24, 2.45) is 0 Å². The summed E-state index contributed by atoms with van der Waals surface area (Å²) >= 11 is 0. The molecule has 8 rings (SSSR count). The zero-order valence-electron chi connectivity index (χ0n) is 20.9. The first kappa shape index (κ1) is 21.6. The second-order valence-corrected chi connectivity index (χ2v) is 9.61. The molecule has 3 aromatic heterocycles. The molecule has 0 aliphatic rings. The maximum atomic E-state index is 4.95. The second kappa shape index (κ2) is 8.57. The smallest absolute Gasteiger partial charge is 0.182 e. The molecule has 182 valence electrons. The molecule has 8 aromatic rings. The van der Waals surface area contributed by atoms with Crippen molar-refractivity contribution < 1.29 is 0 Å². The normalized spacial score (nSPS) is 11.6.